The predicted octanol–water partition coefficient (Wildman–Crippen LogP) is -15.9. The van der Waals surface area contributed by atoms with Gasteiger partial charge >= 0.3 is 15.6 Å². The van der Waals surface area contributed by atoms with Gasteiger partial charge in [-0.25, -0.2) is 9.13 Å². The second-order valence-electron chi connectivity index (χ2n) is 21.6. The molecule has 1 unspecified atom stereocenters. The Hall–Kier alpha value is -1.63. The van der Waals surface area contributed by atoms with Gasteiger partial charge in [0, 0.05) is 6.92 Å². The number of carbonyl (C=O) groups is 1. The Kier molecular flexibility index (Phi) is 26.5. The average Bonchev–Trinajstić information content (AvgIpc) is 1.09. The molecule has 520 valence electrons. The molecule has 0 aromatic rings. The van der Waals surface area contributed by atoms with E-state index in [1.165, 1.54) is 0 Å². The van der Waals surface area contributed by atoms with Crippen molar-refractivity contribution in [3.63, 3.8) is 0 Å². The van der Waals surface area contributed by atoms with Crippen LogP contribution in [-0.2, 0) is 84.6 Å². The minimum atomic E-state index is -5.30. The van der Waals surface area contributed by atoms with Crippen LogP contribution in [0.2, 0.25) is 0 Å². The first-order chi connectivity index (χ1) is 41.6. The van der Waals surface area contributed by atoms with Crippen molar-refractivity contribution in [1.29, 1.82) is 0 Å². The van der Waals surface area contributed by atoms with Crippen molar-refractivity contribution in [2.45, 2.75) is 222 Å². The van der Waals surface area contributed by atoms with Crippen molar-refractivity contribution in [2.24, 2.45) is 0 Å². The highest BCUT2D eigenvalue weighted by atomic mass is 31.2. The summed E-state index contributed by atoms with van der Waals surface area (Å²) in [5, 5.41) is 221. The molecule has 0 saturated carbocycles. The number of aliphatic hydroxyl groups is 20. The first kappa shape index (κ1) is 74.8. The van der Waals surface area contributed by atoms with Crippen LogP contribution in [0.5, 0.6) is 0 Å². The molecule has 7 rings (SSSR count). The Labute approximate surface area is 500 Å². The number of rotatable bonds is 24. The molecule has 7 saturated heterocycles. The maximum atomic E-state index is 12.2. The second-order valence-corrected chi connectivity index (χ2v) is 24.1. The molecule has 0 aliphatic carbocycles. The molecule has 35 atom stereocenters. The standard InChI is InChI=1S/C44H77NO42P2/c1-9(49)45-17-24(56)34(12(4-48)77-38(17)66)84-43-33(65)36(86-44-37(28(60)19(51)11(3-47)79-44)87-42-31(63)27(59)21(53)16(83-42)8-76-89(70,71)72)23(55)14(81-43)6-74-40-32(64)35(85-41-30(62)26(58)20(52)15(82-41)7-75-88(67,68)69)22(54)13(80-40)5-73-39-29(61)25(57)18(50)10(2-46)78-39/h10-44,46-48,50-66H,2-8H2,1H3,(H,45,49)(H2,67,68,69)(H2,70,71,72)/t10-,11-,12-,13-,14-,15-,16-,17-,18-,19-,20-,21-,22-,23-,24-,25+,26+,27+,28+,29+,30+,31+,32+,33+,34-,35+,36+,37+,38?,39+,40+,41-,42-,43+,44-/m1/s1. The Morgan fingerprint density at radius 2 is 0.674 bits per heavy atom. The van der Waals surface area contributed by atoms with Gasteiger partial charge in [0.1, 0.15) is 171 Å². The van der Waals surface area contributed by atoms with Gasteiger partial charge in [-0.1, -0.05) is 0 Å². The van der Waals surface area contributed by atoms with Crippen molar-refractivity contribution in [3.8, 4) is 0 Å². The Morgan fingerprint density at radius 3 is 1.11 bits per heavy atom. The molecule has 0 aromatic carbocycles. The highest BCUT2D eigenvalue weighted by Gasteiger charge is 2.58. The molecule has 45 heteroatoms. The smallest absolute Gasteiger partial charge is 0.394 e. The summed E-state index contributed by atoms with van der Waals surface area (Å²) in [5.74, 6) is -0.842. The third kappa shape index (κ3) is 17.7. The number of hydrogen-bond acceptors (Lipinski definition) is 38. The van der Waals surface area contributed by atoms with Crippen LogP contribution in [0.25, 0.3) is 0 Å². The number of hydrogen-bond donors (Lipinski definition) is 25. The lowest BCUT2D eigenvalue weighted by Crippen LogP contribution is -2.69. The molecule has 7 aliphatic heterocycles. The number of aliphatic hydroxyl groups excluding tert-OH is 20. The zero-order valence-corrected chi connectivity index (χ0v) is 47.9. The molecule has 43 nitrogen and oxygen atoms in total. The monoisotopic (exact) mass is 1350 g/mol. The van der Waals surface area contributed by atoms with E-state index in [2.05, 4.69) is 14.4 Å². The van der Waals surface area contributed by atoms with Crippen LogP contribution >= 0.6 is 15.6 Å². The van der Waals surface area contributed by atoms with Crippen molar-refractivity contribution >= 4 is 21.6 Å². The zero-order chi connectivity index (χ0) is 66.0. The first-order valence-corrected chi connectivity index (χ1v) is 30.2. The van der Waals surface area contributed by atoms with Gasteiger partial charge < -0.3 is 189 Å². The first-order valence-electron chi connectivity index (χ1n) is 27.1. The fourth-order valence-corrected chi connectivity index (χ4v) is 11.2. The number of nitrogens with one attached hydrogen (secondary N) is 1. The zero-order valence-electron chi connectivity index (χ0n) is 46.1. The highest BCUT2D eigenvalue weighted by Crippen LogP contribution is 2.41. The van der Waals surface area contributed by atoms with Crippen LogP contribution in [0.3, 0.4) is 0 Å². The molecule has 7 fully saturated rings. The topological polar surface area (TPSA) is 687 Å². The summed E-state index contributed by atoms with van der Waals surface area (Å²) in [5.41, 5.74) is 0. The summed E-state index contributed by atoms with van der Waals surface area (Å²) < 4.78 is 106. The van der Waals surface area contributed by atoms with Gasteiger partial charge in [0.2, 0.25) is 5.91 Å². The third-order valence-electron chi connectivity index (χ3n) is 15.4. The molecule has 0 spiro atoms. The van der Waals surface area contributed by atoms with E-state index in [1.54, 1.807) is 0 Å². The summed E-state index contributed by atoms with van der Waals surface area (Å²) in [6.45, 7) is -6.73. The fraction of sp³-hybridized carbons (Fsp3) is 0.977. The van der Waals surface area contributed by atoms with Gasteiger partial charge in [-0.05, 0) is 0 Å². The lowest BCUT2D eigenvalue weighted by molar-refractivity contribution is -0.397. The minimum absolute atomic E-state index is 0.842. The van der Waals surface area contributed by atoms with E-state index in [-0.39, 0.29) is 0 Å². The SMILES string of the molecule is CC(=O)N[C@H]1C(O)O[C@H](CO)[C@@H](O[C@@H]2O[C@H](CO[C@H]3O[C@H](CO[C@H]4O[C@H](CO)[C@@H](O)[C@H](O)[C@@H]4O)[C@@H](O)[C@H](O[C@H]4O[C@H](COP(=O)(O)O)[C@@H](O)[C@H](O)[C@@H]4O)[C@@H]3O)[C@@H](O)[C@H](O[C@H]3O[C@H](CO)[C@@H](O)[C@H](O)[C@@H]3O[C@H]3O[C@H](COP(=O)(O)O)[C@@H](O)[C@H](O)[C@@H]3O)[C@@H]2O)[C@@H]1O. The van der Waals surface area contributed by atoms with Gasteiger partial charge in [-0.15, -0.1) is 0 Å². The number of ether oxygens (including phenoxy) is 13. The molecule has 7 aliphatic rings. The Bertz CT molecular complexity index is 2320. The highest BCUT2D eigenvalue weighted by molar-refractivity contribution is 7.46. The summed E-state index contributed by atoms with van der Waals surface area (Å²) in [7, 11) is -10.6. The molecule has 89 heavy (non-hydrogen) atoms. The van der Waals surface area contributed by atoms with E-state index in [9.17, 15) is 136 Å². The van der Waals surface area contributed by atoms with Crippen molar-refractivity contribution in [2.75, 3.05) is 46.2 Å². The molecule has 0 bridgehead atoms. The van der Waals surface area contributed by atoms with E-state index in [0.717, 1.165) is 6.92 Å². The van der Waals surface area contributed by atoms with Gasteiger partial charge in [0.05, 0.1) is 46.2 Å². The number of phosphoric ester groups is 2. The van der Waals surface area contributed by atoms with Crippen molar-refractivity contribution < 1.29 is 206 Å². The second kappa shape index (κ2) is 31.5. The van der Waals surface area contributed by atoms with E-state index in [4.69, 9.17) is 61.6 Å². The molecule has 25 N–H and O–H groups in total. The fourth-order valence-electron chi connectivity index (χ4n) is 10.5. The van der Waals surface area contributed by atoms with Crippen LogP contribution in [0, 0.1) is 0 Å². The molecule has 1 amide bonds. The van der Waals surface area contributed by atoms with E-state index < -0.39 is 283 Å². The van der Waals surface area contributed by atoms with E-state index >= 15 is 0 Å². The Morgan fingerprint density at radius 1 is 0.348 bits per heavy atom. The van der Waals surface area contributed by atoms with Crippen molar-refractivity contribution in [1.82, 2.24) is 5.32 Å². The number of amides is 1. The van der Waals surface area contributed by atoms with Gasteiger partial charge in [-0.2, -0.15) is 0 Å². The minimum Gasteiger partial charge on any atom is -0.394 e. The largest absolute Gasteiger partial charge is 0.469 e. The predicted molar refractivity (Wildman–Crippen MR) is 265 cm³/mol. The quantitative estimate of drug-likeness (QED) is 0.0399. The molecule has 7 heterocycles. The summed E-state index contributed by atoms with van der Waals surface area (Å²) in [6.07, 6.45) is -73.0. The van der Waals surface area contributed by atoms with E-state index in [1.807, 2.05) is 0 Å². The average molecular weight is 1350 g/mol. The van der Waals surface area contributed by atoms with E-state index in [0.29, 0.717) is 0 Å². The summed E-state index contributed by atoms with van der Waals surface area (Å²) in [4.78, 5) is 49.2. The van der Waals surface area contributed by atoms with Gasteiger partial charge in [0.15, 0.2) is 44.0 Å². The summed E-state index contributed by atoms with van der Waals surface area (Å²) >= 11 is 0. The van der Waals surface area contributed by atoms with Crippen LogP contribution in [0.15, 0.2) is 0 Å². The maximum Gasteiger partial charge on any atom is 0.469 e. The number of carbonyl (C=O) groups excluding carboxylic acids is 1. The lowest BCUT2D eigenvalue weighted by atomic mass is 9.95. The maximum absolute atomic E-state index is 12.2. The van der Waals surface area contributed by atoms with Crippen molar-refractivity contribution in [3.05, 3.63) is 0 Å². The molecule has 0 aromatic heterocycles. The molecular formula is C44H77NO42P2. The van der Waals surface area contributed by atoms with Crippen LogP contribution < -0.4 is 5.32 Å². The molecule has 0 radical (unpaired) electrons. The van der Waals surface area contributed by atoms with Gasteiger partial charge in [0.25, 0.3) is 0 Å². The summed E-state index contributed by atoms with van der Waals surface area (Å²) in [6, 6.07) is -1.74. The van der Waals surface area contributed by atoms with Gasteiger partial charge in [-0.3, -0.25) is 13.8 Å². The molecular weight excluding hydrogens is 1280 g/mol. The Balaban J connectivity index is 1.21. The number of phosphoric acid groups is 2. The normalized spacial score (nSPS) is 48.7. The van der Waals surface area contributed by atoms with Crippen LogP contribution in [0.4, 0.5) is 0 Å². The lowest BCUT2D eigenvalue weighted by Gasteiger charge is -2.50. The third-order valence-corrected chi connectivity index (χ3v) is 16.3. The van der Waals surface area contributed by atoms with Crippen LogP contribution in [0.1, 0.15) is 6.92 Å². The van der Waals surface area contributed by atoms with Crippen LogP contribution in [-0.4, -0.2) is 389 Å².